The van der Waals surface area contributed by atoms with Gasteiger partial charge in [-0.05, 0) is 54.8 Å². The molecule has 2 aromatic carbocycles. The smallest absolute Gasteiger partial charge is 0.251 e. The number of methoxy groups -OCH3 is 1. The highest BCUT2D eigenvalue weighted by atomic mass is 16.5. The molecular weight excluding hydrogens is 316 g/mol. The molecule has 2 N–H and O–H groups in total. The van der Waals surface area contributed by atoms with Gasteiger partial charge in [0.15, 0.2) is 0 Å². The van der Waals surface area contributed by atoms with Gasteiger partial charge in [0.1, 0.15) is 5.75 Å². The SMILES string of the molecule is COc1ccc(C=CC(=O)Nc2cccc(C(=O)NC3CC3)c2)cc1. The lowest BCUT2D eigenvalue weighted by atomic mass is 10.2. The van der Waals surface area contributed by atoms with E-state index in [-0.39, 0.29) is 11.8 Å². The molecule has 5 heteroatoms. The van der Waals surface area contributed by atoms with E-state index < -0.39 is 0 Å². The van der Waals surface area contributed by atoms with Crippen molar-refractivity contribution in [2.24, 2.45) is 0 Å². The van der Waals surface area contributed by atoms with E-state index in [9.17, 15) is 9.59 Å². The summed E-state index contributed by atoms with van der Waals surface area (Å²) in [6.45, 7) is 0. The van der Waals surface area contributed by atoms with Crippen molar-refractivity contribution in [1.29, 1.82) is 0 Å². The maximum atomic E-state index is 12.1. The Balaban J connectivity index is 1.59. The largest absolute Gasteiger partial charge is 0.497 e. The molecule has 5 nitrogen and oxygen atoms in total. The van der Waals surface area contributed by atoms with E-state index in [0.29, 0.717) is 17.3 Å². The number of carbonyl (C=O) groups is 2. The maximum absolute atomic E-state index is 12.1. The molecule has 25 heavy (non-hydrogen) atoms. The van der Waals surface area contributed by atoms with E-state index >= 15 is 0 Å². The highest BCUT2D eigenvalue weighted by Crippen LogP contribution is 2.20. The van der Waals surface area contributed by atoms with E-state index in [0.717, 1.165) is 24.2 Å². The van der Waals surface area contributed by atoms with Crippen LogP contribution >= 0.6 is 0 Å². The molecule has 0 atom stereocenters. The summed E-state index contributed by atoms with van der Waals surface area (Å²) in [5, 5.41) is 5.70. The Morgan fingerprint density at radius 1 is 1.12 bits per heavy atom. The Labute approximate surface area is 146 Å². The zero-order valence-corrected chi connectivity index (χ0v) is 14.0. The lowest BCUT2D eigenvalue weighted by Crippen LogP contribution is -2.25. The Bertz CT molecular complexity index is 793. The summed E-state index contributed by atoms with van der Waals surface area (Å²) in [5.74, 6) is 0.408. The van der Waals surface area contributed by atoms with Gasteiger partial charge in [-0.25, -0.2) is 0 Å². The van der Waals surface area contributed by atoms with Crippen LogP contribution in [0.15, 0.2) is 54.6 Å². The zero-order chi connectivity index (χ0) is 17.6. The Kier molecular flexibility index (Phi) is 5.14. The second kappa shape index (κ2) is 7.66. The molecule has 1 saturated carbocycles. The summed E-state index contributed by atoms with van der Waals surface area (Å²) < 4.78 is 5.10. The van der Waals surface area contributed by atoms with Gasteiger partial charge < -0.3 is 15.4 Å². The molecule has 0 aliphatic heterocycles. The molecule has 1 aliphatic carbocycles. The molecule has 128 valence electrons. The number of nitrogens with one attached hydrogen (secondary N) is 2. The van der Waals surface area contributed by atoms with Crippen molar-refractivity contribution in [3.8, 4) is 5.75 Å². The summed E-state index contributed by atoms with van der Waals surface area (Å²) >= 11 is 0. The molecule has 2 aromatic rings. The molecule has 1 fully saturated rings. The third-order valence-electron chi connectivity index (χ3n) is 3.85. The molecule has 0 aromatic heterocycles. The van der Waals surface area contributed by atoms with Crippen molar-refractivity contribution in [1.82, 2.24) is 5.32 Å². The topological polar surface area (TPSA) is 67.4 Å². The standard InChI is InChI=1S/C20H20N2O3/c1-25-18-10-5-14(6-11-18)7-12-19(23)21-17-4-2-3-15(13-17)20(24)22-16-8-9-16/h2-7,10-13,16H,8-9H2,1H3,(H,21,23)(H,22,24). The van der Waals surface area contributed by atoms with Crippen LogP contribution in [-0.2, 0) is 4.79 Å². The molecule has 0 heterocycles. The predicted octanol–water partition coefficient (Wildman–Crippen LogP) is 3.24. The maximum Gasteiger partial charge on any atom is 0.251 e. The highest BCUT2D eigenvalue weighted by Gasteiger charge is 2.23. The second-order valence-corrected chi connectivity index (χ2v) is 5.92. The van der Waals surface area contributed by atoms with Crippen molar-refractivity contribution in [3.05, 3.63) is 65.7 Å². The van der Waals surface area contributed by atoms with Crippen LogP contribution in [0, 0.1) is 0 Å². The molecule has 2 amide bonds. The van der Waals surface area contributed by atoms with Crippen LogP contribution in [0.1, 0.15) is 28.8 Å². The average Bonchev–Trinajstić information content (AvgIpc) is 3.44. The van der Waals surface area contributed by atoms with Crippen molar-refractivity contribution >= 4 is 23.6 Å². The second-order valence-electron chi connectivity index (χ2n) is 5.92. The fourth-order valence-corrected chi connectivity index (χ4v) is 2.31. The number of rotatable bonds is 6. The normalized spacial score (nSPS) is 13.5. The van der Waals surface area contributed by atoms with E-state index in [1.165, 1.54) is 6.08 Å². The number of benzene rings is 2. The predicted molar refractivity (Wildman–Crippen MR) is 97.6 cm³/mol. The van der Waals surface area contributed by atoms with Crippen molar-refractivity contribution in [2.45, 2.75) is 18.9 Å². The molecule has 0 saturated heterocycles. The molecule has 0 bridgehead atoms. The number of hydrogen-bond donors (Lipinski definition) is 2. The molecule has 0 spiro atoms. The summed E-state index contributed by atoms with van der Waals surface area (Å²) in [7, 11) is 1.61. The number of anilines is 1. The van der Waals surface area contributed by atoms with E-state index in [4.69, 9.17) is 4.74 Å². The lowest BCUT2D eigenvalue weighted by molar-refractivity contribution is -0.111. The minimum absolute atomic E-state index is 0.104. The van der Waals surface area contributed by atoms with Crippen molar-refractivity contribution in [2.75, 3.05) is 12.4 Å². The third-order valence-corrected chi connectivity index (χ3v) is 3.85. The number of carbonyl (C=O) groups excluding carboxylic acids is 2. The van der Waals surface area contributed by atoms with Crippen LogP contribution in [0.5, 0.6) is 5.75 Å². The Morgan fingerprint density at radius 3 is 2.56 bits per heavy atom. The number of ether oxygens (including phenoxy) is 1. The van der Waals surface area contributed by atoms with Gasteiger partial charge in [0.2, 0.25) is 5.91 Å². The van der Waals surface area contributed by atoms with Gasteiger partial charge in [0.05, 0.1) is 7.11 Å². The van der Waals surface area contributed by atoms with Gasteiger partial charge in [-0.15, -0.1) is 0 Å². The molecule has 3 rings (SSSR count). The average molecular weight is 336 g/mol. The minimum atomic E-state index is -0.254. The molecule has 0 radical (unpaired) electrons. The summed E-state index contributed by atoms with van der Waals surface area (Å²) in [6.07, 6.45) is 5.26. The Morgan fingerprint density at radius 2 is 1.88 bits per heavy atom. The van der Waals surface area contributed by atoms with Gasteiger partial charge in [-0.1, -0.05) is 18.2 Å². The van der Waals surface area contributed by atoms with Gasteiger partial charge in [-0.2, -0.15) is 0 Å². The van der Waals surface area contributed by atoms with Gasteiger partial charge >= 0.3 is 0 Å². The van der Waals surface area contributed by atoms with Crippen molar-refractivity contribution in [3.63, 3.8) is 0 Å². The first-order valence-corrected chi connectivity index (χ1v) is 8.18. The van der Waals surface area contributed by atoms with Gasteiger partial charge in [0, 0.05) is 23.4 Å². The van der Waals surface area contributed by atoms with E-state index in [1.807, 2.05) is 24.3 Å². The van der Waals surface area contributed by atoms with Crippen LogP contribution in [0.4, 0.5) is 5.69 Å². The van der Waals surface area contributed by atoms with Crippen molar-refractivity contribution < 1.29 is 14.3 Å². The summed E-state index contributed by atoms with van der Waals surface area (Å²) in [4.78, 5) is 24.1. The van der Waals surface area contributed by atoms with Crippen LogP contribution in [0.3, 0.4) is 0 Å². The van der Waals surface area contributed by atoms with E-state index in [1.54, 1.807) is 37.5 Å². The van der Waals surface area contributed by atoms with Crippen LogP contribution in [-0.4, -0.2) is 25.0 Å². The Hall–Kier alpha value is -3.08. The first kappa shape index (κ1) is 16.8. The highest BCUT2D eigenvalue weighted by molar-refractivity contribution is 6.03. The number of amides is 2. The van der Waals surface area contributed by atoms with Crippen LogP contribution in [0.25, 0.3) is 6.08 Å². The third kappa shape index (κ3) is 4.94. The minimum Gasteiger partial charge on any atom is -0.497 e. The van der Waals surface area contributed by atoms with Gasteiger partial charge in [0.25, 0.3) is 5.91 Å². The van der Waals surface area contributed by atoms with Crippen LogP contribution in [0.2, 0.25) is 0 Å². The fourth-order valence-electron chi connectivity index (χ4n) is 2.31. The zero-order valence-electron chi connectivity index (χ0n) is 14.0. The lowest BCUT2D eigenvalue weighted by Gasteiger charge is -2.06. The summed E-state index contributed by atoms with van der Waals surface area (Å²) in [6, 6.07) is 14.6. The first-order chi connectivity index (χ1) is 12.1. The quantitative estimate of drug-likeness (QED) is 0.796. The monoisotopic (exact) mass is 336 g/mol. The molecule has 1 aliphatic rings. The molecular formula is C20H20N2O3. The van der Waals surface area contributed by atoms with Gasteiger partial charge in [-0.3, -0.25) is 9.59 Å². The van der Waals surface area contributed by atoms with Crippen LogP contribution < -0.4 is 15.4 Å². The van der Waals surface area contributed by atoms with E-state index in [2.05, 4.69) is 10.6 Å². The molecule has 0 unspecified atom stereocenters. The first-order valence-electron chi connectivity index (χ1n) is 8.18. The summed E-state index contributed by atoms with van der Waals surface area (Å²) in [5.41, 5.74) is 2.03. The fraction of sp³-hybridized carbons (Fsp3) is 0.200. The number of hydrogen-bond acceptors (Lipinski definition) is 3.